The summed E-state index contributed by atoms with van der Waals surface area (Å²) in [4.78, 5) is 7.88. The number of quaternary nitrogens is 1. The highest BCUT2D eigenvalue weighted by Crippen LogP contribution is 2.39. The van der Waals surface area contributed by atoms with Gasteiger partial charge in [-0.15, -0.1) is 0 Å². The van der Waals surface area contributed by atoms with E-state index in [9.17, 15) is 0 Å². The Kier molecular flexibility index (Phi) is 1.02. The Balaban J connectivity index is 2.35. The fourth-order valence-corrected chi connectivity index (χ4v) is 1.01. The second kappa shape index (κ2) is 1.76. The van der Waals surface area contributed by atoms with E-state index >= 15 is 0 Å². The lowest BCUT2D eigenvalue weighted by atomic mass is 10.1. The van der Waals surface area contributed by atoms with Gasteiger partial charge in [-0.1, -0.05) is 0 Å². The van der Waals surface area contributed by atoms with Crippen LogP contribution in [0.5, 0.6) is 0 Å². The summed E-state index contributed by atoms with van der Waals surface area (Å²) in [5.74, 6) is 0. The monoisotopic (exact) mass is 136 g/mol. The molecule has 1 aromatic rings. The number of aromatic nitrogens is 2. The van der Waals surface area contributed by atoms with Crippen LogP contribution in [0.2, 0.25) is 0 Å². The zero-order valence-corrected chi connectivity index (χ0v) is 5.75. The second-order valence-electron chi connectivity index (χ2n) is 2.91. The van der Waals surface area contributed by atoms with Crippen LogP contribution in [-0.2, 0) is 5.54 Å². The minimum Gasteiger partial charge on any atom is -0.349 e. The molecule has 0 radical (unpaired) electrons. The Labute approximate surface area is 59.3 Å². The van der Waals surface area contributed by atoms with Crippen molar-refractivity contribution in [3.8, 4) is 0 Å². The molecule has 0 spiro atoms. The summed E-state index contributed by atoms with van der Waals surface area (Å²) in [5.41, 5.74) is 5.42. The summed E-state index contributed by atoms with van der Waals surface area (Å²) in [6, 6.07) is 0. The summed E-state index contributed by atoms with van der Waals surface area (Å²) in [5, 5.41) is 0. The number of rotatable bonds is 1. The summed E-state index contributed by atoms with van der Waals surface area (Å²) >= 11 is 0. The van der Waals surface area contributed by atoms with Crippen molar-refractivity contribution in [2.24, 2.45) is 0 Å². The van der Waals surface area contributed by atoms with Crippen LogP contribution in [0.1, 0.15) is 18.4 Å². The largest absolute Gasteiger partial charge is 0.349 e. The molecule has 1 fully saturated rings. The lowest BCUT2D eigenvalue weighted by Gasteiger charge is -2.01. The quantitative estimate of drug-likeness (QED) is 0.576. The molecule has 0 bridgehead atoms. The van der Waals surface area contributed by atoms with Crippen molar-refractivity contribution in [3.05, 3.63) is 24.3 Å². The molecule has 3 nitrogen and oxygen atoms in total. The van der Waals surface area contributed by atoms with Gasteiger partial charge in [-0.3, -0.25) is 0 Å². The van der Waals surface area contributed by atoms with Crippen LogP contribution in [0.3, 0.4) is 0 Å². The molecule has 10 heavy (non-hydrogen) atoms. The van der Waals surface area contributed by atoms with E-state index in [1.807, 2.05) is 12.4 Å². The van der Waals surface area contributed by atoms with Crippen molar-refractivity contribution < 1.29 is 5.73 Å². The fraction of sp³-hybridized carbons (Fsp3) is 0.429. The van der Waals surface area contributed by atoms with Gasteiger partial charge in [-0.2, -0.15) is 0 Å². The molecule has 1 heterocycles. The molecule has 0 atom stereocenters. The molecule has 0 aliphatic heterocycles. The average molecular weight is 136 g/mol. The number of hydrogen-bond acceptors (Lipinski definition) is 2. The first kappa shape index (κ1) is 5.80. The van der Waals surface area contributed by atoms with Gasteiger partial charge in [0.2, 0.25) is 0 Å². The average Bonchev–Trinajstić information content (AvgIpc) is 2.72. The molecule has 2 rings (SSSR count). The smallest absolute Gasteiger partial charge is 0.124 e. The van der Waals surface area contributed by atoms with Gasteiger partial charge >= 0.3 is 0 Å². The zero-order chi connectivity index (χ0) is 7.03. The number of hydrogen-bond donors (Lipinski definition) is 1. The summed E-state index contributed by atoms with van der Waals surface area (Å²) in [6.07, 6.45) is 7.62. The molecular formula is C7H10N3+. The molecule has 1 aliphatic rings. The second-order valence-corrected chi connectivity index (χ2v) is 2.91. The van der Waals surface area contributed by atoms with Crippen molar-refractivity contribution >= 4 is 0 Å². The summed E-state index contributed by atoms with van der Waals surface area (Å²) < 4.78 is 0. The van der Waals surface area contributed by atoms with Gasteiger partial charge in [0, 0.05) is 30.8 Å². The van der Waals surface area contributed by atoms with Crippen molar-refractivity contribution in [1.29, 1.82) is 0 Å². The first-order valence-electron chi connectivity index (χ1n) is 3.42. The van der Waals surface area contributed by atoms with Crippen LogP contribution in [0, 0.1) is 0 Å². The molecule has 0 saturated heterocycles. The van der Waals surface area contributed by atoms with Gasteiger partial charge in [0.05, 0.1) is 0 Å². The molecule has 52 valence electrons. The van der Waals surface area contributed by atoms with Crippen molar-refractivity contribution in [2.45, 2.75) is 18.4 Å². The van der Waals surface area contributed by atoms with E-state index < -0.39 is 0 Å². The van der Waals surface area contributed by atoms with Crippen LogP contribution >= 0.6 is 0 Å². The topological polar surface area (TPSA) is 53.4 Å². The lowest BCUT2D eigenvalue weighted by Crippen LogP contribution is -2.61. The third-order valence-electron chi connectivity index (χ3n) is 2.03. The van der Waals surface area contributed by atoms with Gasteiger partial charge in [0.25, 0.3) is 0 Å². The van der Waals surface area contributed by atoms with Gasteiger partial charge in [0.15, 0.2) is 0 Å². The van der Waals surface area contributed by atoms with Crippen LogP contribution in [-0.4, -0.2) is 9.97 Å². The van der Waals surface area contributed by atoms with Gasteiger partial charge in [-0.05, 0) is 0 Å². The predicted molar refractivity (Wildman–Crippen MR) is 35.8 cm³/mol. The van der Waals surface area contributed by atoms with Gasteiger partial charge in [0.1, 0.15) is 11.9 Å². The minimum atomic E-state index is 0.168. The highest BCUT2D eigenvalue weighted by molar-refractivity contribution is 5.19. The first-order chi connectivity index (χ1) is 4.81. The molecule has 3 heteroatoms. The third-order valence-corrected chi connectivity index (χ3v) is 2.03. The summed E-state index contributed by atoms with van der Waals surface area (Å²) in [6.45, 7) is 0. The van der Waals surface area contributed by atoms with Gasteiger partial charge in [-0.25, -0.2) is 9.97 Å². The molecular weight excluding hydrogens is 126 g/mol. The van der Waals surface area contributed by atoms with Crippen LogP contribution in [0.4, 0.5) is 0 Å². The maximum Gasteiger partial charge on any atom is 0.124 e. The van der Waals surface area contributed by atoms with Crippen LogP contribution < -0.4 is 5.73 Å². The van der Waals surface area contributed by atoms with Crippen molar-refractivity contribution in [2.75, 3.05) is 0 Å². The minimum absolute atomic E-state index is 0.168. The summed E-state index contributed by atoms with van der Waals surface area (Å²) in [7, 11) is 0. The SMILES string of the molecule is [NH3+]C1(c2cncnc2)CC1. The Morgan fingerprint density at radius 2 is 1.90 bits per heavy atom. The molecule has 0 unspecified atom stereocenters. The zero-order valence-electron chi connectivity index (χ0n) is 5.75. The molecule has 1 aromatic heterocycles. The maximum atomic E-state index is 4.07. The molecule has 0 amide bonds. The highest BCUT2D eigenvalue weighted by Gasteiger charge is 2.45. The molecule has 1 saturated carbocycles. The molecule has 3 N–H and O–H groups in total. The standard InChI is InChI=1S/C7H9N3/c8-7(1-2-7)6-3-9-5-10-4-6/h3-5H,1-2,8H2/p+1. The third kappa shape index (κ3) is 0.789. The van der Waals surface area contributed by atoms with Crippen LogP contribution in [0.25, 0.3) is 0 Å². The van der Waals surface area contributed by atoms with E-state index in [1.54, 1.807) is 6.33 Å². The molecule has 0 aromatic carbocycles. The van der Waals surface area contributed by atoms with E-state index in [0.717, 1.165) is 0 Å². The van der Waals surface area contributed by atoms with Crippen molar-refractivity contribution in [1.82, 2.24) is 9.97 Å². The van der Waals surface area contributed by atoms with Crippen LogP contribution in [0.15, 0.2) is 18.7 Å². The molecule has 1 aliphatic carbocycles. The Bertz CT molecular complexity index is 228. The fourth-order valence-electron chi connectivity index (χ4n) is 1.01. The normalized spacial score (nSPS) is 20.5. The Hall–Kier alpha value is -0.960. The lowest BCUT2D eigenvalue weighted by molar-refractivity contribution is -0.446. The van der Waals surface area contributed by atoms with E-state index in [1.165, 1.54) is 18.4 Å². The highest BCUT2D eigenvalue weighted by atomic mass is 14.9. The van der Waals surface area contributed by atoms with E-state index in [-0.39, 0.29) is 5.54 Å². The van der Waals surface area contributed by atoms with Gasteiger partial charge < -0.3 is 5.73 Å². The number of nitrogens with zero attached hydrogens (tertiary/aromatic N) is 2. The Morgan fingerprint density at radius 1 is 1.30 bits per heavy atom. The maximum absolute atomic E-state index is 4.07. The van der Waals surface area contributed by atoms with E-state index in [0.29, 0.717) is 0 Å². The van der Waals surface area contributed by atoms with E-state index in [4.69, 9.17) is 0 Å². The first-order valence-corrected chi connectivity index (χ1v) is 3.42. The van der Waals surface area contributed by atoms with Crippen molar-refractivity contribution in [3.63, 3.8) is 0 Å². The Morgan fingerprint density at radius 3 is 2.40 bits per heavy atom. The predicted octanol–water partition coefficient (Wildman–Crippen LogP) is -0.292. The van der Waals surface area contributed by atoms with E-state index in [2.05, 4.69) is 15.7 Å².